The molecule has 0 aliphatic carbocycles. The first kappa shape index (κ1) is 22.7. The topological polar surface area (TPSA) is 90.3 Å². The Morgan fingerprint density at radius 3 is 2.55 bits per heavy atom. The van der Waals surface area contributed by atoms with Crippen LogP contribution in [0.3, 0.4) is 0 Å². The summed E-state index contributed by atoms with van der Waals surface area (Å²) in [6.45, 7) is 1.05. The molecule has 0 saturated carbocycles. The van der Waals surface area contributed by atoms with Gasteiger partial charge >= 0.3 is 0 Å². The van der Waals surface area contributed by atoms with E-state index in [1.165, 1.54) is 24.1 Å². The Morgan fingerprint density at radius 1 is 1.19 bits per heavy atom. The minimum absolute atomic E-state index is 0.0409. The van der Waals surface area contributed by atoms with E-state index < -0.39 is 23.5 Å². The highest BCUT2D eigenvalue weighted by Gasteiger charge is 2.46. The van der Waals surface area contributed by atoms with Gasteiger partial charge in [-0.25, -0.2) is 0 Å². The van der Waals surface area contributed by atoms with Gasteiger partial charge in [0, 0.05) is 17.6 Å². The Kier molecular flexibility index (Phi) is 6.87. The Labute approximate surface area is 186 Å². The van der Waals surface area contributed by atoms with Crippen LogP contribution in [-0.2, 0) is 9.59 Å². The van der Waals surface area contributed by atoms with Gasteiger partial charge in [0.05, 0.1) is 24.3 Å². The maximum atomic E-state index is 13.0. The second kappa shape index (κ2) is 9.41. The number of halogens is 1. The summed E-state index contributed by atoms with van der Waals surface area (Å²) >= 11 is 6.17. The predicted octanol–water partition coefficient (Wildman–Crippen LogP) is 3.43. The van der Waals surface area contributed by atoms with Gasteiger partial charge in [-0.15, -0.1) is 0 Å². The van der Waals surface area contributed by atoms with Gasteiger partial charge in [-0.05, 0) is 56.9 Å². The van der Waals surface area contributed by atoms with Crippen LogP contribution in [0.25, 0.3) is 5.76 Å². The summed E-state index contributed by atoms with van der Waals surface area (Å²) in [5, 5.41) is 21.8. The number of ether oxygens (including phenoxy) is 1. The molecule has 1 fully saturated rings. The second-order valence-corrected chi connectivity index (χ2v) is 8.02. The first-order chi connectivity index (χ1) is 14.7. The Morgan fingerprint density at radius 2 is 1.94 bits per heavy atom. The minimum atomic E-state index is -0.817. The van der Waals surface area contributed by atoms with Crippen molar-refractivity contribution in [3.8, 4) is 11.5 Å². The SMILES string of the molecule is COc1ccc(C(O)=C2C(=O)C(=O)N(CCCN(C)C)C2c2cccc(Cl)c2)c(O)c1. The number of methoxy groups -OCH3 is 1. The van der Waals surface area contributed by atoms with Gasteiger partial charge in [0.25, 0.3) is 11.7 Å². The first-order valence-electron chi connectivity index (χ1n) is 9.80. The van der Waals surface area contributed by atoms with E-state index in [4.69, 9.17) is 16.3 Å². The van der Waals surface area contributed by atoms with Crippen LogP contribution in [0.1, 0.15) is 23.6 Å². The van der Waals surface area contributed by atoms with Crippen molar-refractivity contribution in [3.63, 3.8) is 0 Å². The van der Waals surface area contributed by atoms with Gasteiger partial charge in [-0.2, -0.15) is 0 Å². The van der Waals surface area contributed by atoms with Crippen molar-refractivity contribution in [2.75, 3.05) is 34.3 Å². The van der Waals surface area contributed by atoms with Crippen molar-refractivity contribution in [1.29, 1.82) is 0 Å². The number of phenolic OH excluding ortho intramolecular Hbond substituents is 1. The molecule has 1 aliphatic heterocycles. The minimum Gasteiger partial charge on any atom is -0.507 e. The van der Waals surface area contributed by atoms with Crippen LogP contribution in [0.5, 0.6) is 11.5 Å². The van der Waals surface area contributed by atoms with Crippen LogP contribution in [-0.4, -0.2) is 66.0 Å². The fraction of sp³-hybridized carbons (Fsp3) is 0.304. The molecule has 1 atom stereocenters. The number of aromatic hydroxyl groups is 1. The number of nitrogens with zero attached hydrogens (tertiary/aromatic N) is 2. The van der Waals surface area contributed by atoms with Crippen LogP contribution in [0.15, 0.2) is 48.0 Å². The average molecular weight is 445 g/mol. The number of ketones is 1. The number of aliphatic hydroxyl groups is 1. The number of amides is 1. The molecule has 1 amide bonds. The third-order valence-electron chi connectivity index (χ3n) is 5.17. The summed E-state index contributed by atoms with van der Waals surface area (Å²) in [6, 6.07) is 10.3. The van der Waals surface area contributed by atoms with E-state index in [9.17, 15) is 19.8 Å². The van der Waals surface area contributed by atoms with Crippen molar-refractivity contribution < 1.29 is 24.5 Å². The lowest BCUT2D eigenvalue weighted by atomic mass is 9.95. The van der Waals surface area contributed by atoms with E-state index in [2.05, 4.69) is 0 Å². The molecular weight excluding hydrogens is 420 g/mol. The summed E-state index contributed by atoms with van der Waals surface area (Å²) in [4.78, 5) is 29.3. The number of carbonyl (C=O) groups excluding carboxylic acids is 2. The Bertz CT molecular complexity index is 1030. The molecule has 1 heterocycles. The lowest BCUT2D eigenvalue weighted by Crippen LogP contribution is -2.32. The van der Waals surface area contributed by atoms with Crippen LogP contribution < -0.4 is 4.74 Å². The molecule has 164 valence electrons. The Hall–Kier alpha value is -3.03. The maximum Gasteiger partial charge on any atom is 0.295 e. The fourth-order valence-electron chi connectivity index (χ4n) is 3.67. The van der Waals surface area contributed by atoms with Gasteiger partial charge in [-0.3, -0.25) is 9.59 Å². The van der Waals surface area contributed by atoms with Crippen molar-refractivity contribution in [2.24, 2.45) is 0 Å². The van der Waals surface area contributed by atoms with Crippen molar-refractivity contribution in [2.45, 2.75) is 12.5 Å². The lowest BCUT2D eigenvalue weighted by molar-refractivity contribution is -0.139. The summed E-state index contributed by atoms with van der Waals surface area (Å²) in [5.74, 6) is -1.82. The molecule has 7 nitrogen and oxygen atoms in total. The molecule has 0 radical (unpaired) electrons. The number of benzene rings is 2. The van der Waals surface area contributed by atoms with Crippen molar-refractivity contribution in [1.82, 2.24) is 9.80 Å². The number of carbonyl (C=O) groups is 2. The molecule has 3 rings (SSSR count). The highest BCUT2D eigenvalue weighted by molar-refractivity contribution is 6.46. The zero-order valence-corrected chi connectivity index (χ0v) is 18.4. The number of Topliss-reactive ketones (excluding diaryl/α,β-unsaturated/α-hetero) is 1. The number of aliphatic hydroxyl groups excluding tert-OH is 1. The van der Waals surface area contributed by atoms with Gasteiger partial charge in [0.2, 0.25) is 0 Å². The number of rotatable bonds is 7. The highest BCUT2D eigenvalue weighted by Crippen LogP contribution is 2.41. The zero-order valence-electron chi connectivity index (χ0n) is 17.6. The average Bonchev–Trinajstić information content (AvgIpc) is 2.98. The highest BCUT2D eigenvalue weighted by atomic mass is 35.5. The summed E-state index contributed by atoms with van der Waals surface area (Å²) in [6.07, 6.45) is 0.644. The molecule has 2 aromatic carbocycles. The first-order valence-corrected chi connectivity index (χ1v) is 10.2. The van der Waals surface area contributed by atoms with E-state index in [1.807, 2.05) is 19.0 Å². The number of hydrogen-bond donors (Lipinski definition) is 2. The summed E-state index contributed by atoms with van der Waals surface area (Å²) in [5.41, 5.74) is 0.558. The van der Waals surface area contributed by atoms with Crippen molar-refractivity contribution >= 4 is 29.1 Å². The summed E-state index contributed by atoms with van der Waals surface area (Å²) in [7, 11) is 5.30. The molecule has 8 heteroatoms. The normalized spacial score (nSPS) is 18.1. The number of likely N-dealkylation sites (tertiary alicyclic amines) is 1. The van der Waals surface area contributed by atoms with E-state index in [-0.39, 0.29) is 16.9 Å². The molecule has 1 aliphatic rings. The van der Waals surface area contributed by atoms with Gasteiger partial charge in [-0.1, -0.05) is 23.7 Å². The quantitative estimate of drug-likeness (QED) is 0.386. The standard InChI is InChI=1S/C23H25ClN2O5/c1-25(2)10-5-11-26-20(14-6-4-7-15(24)12-14)19(22(29)23(26)30)21(28)17-9-8-16(31-3)13-18(17)27/h4,6-9,12-13,20,27-28H,5,10-11H2,1-3H3. The van der Waals surface area contributed by atoms with Gasteiger partial charge in [0.15, 0.2) is 0 Å². The molecule has 0 aromatic heterocycles. The van der Waals surface area contributed by atoms with Gasteiger partial charge in [0.1, 0.15) is 17.3 Å². The second-order valence-electron chi connectivity index (χ2n) is 7.59. The fourth-order valence-corrected chi connectivity index (χ4v) is 3.87. The molecule has 2 N–H and O–H groups in total. The summed E-state index contributed by atoms with van der Waals surface area (Å²) < 4.78 is 5.07. The number of hydrogen-bond acceptors (Lipinski definition) is 6. The maximum absolute atomic E-state index is 13.0. The van der Waals surface area contributed by atoms with Crippen molar-refractivity contribution in [3.05, 3.63) is 64.2 Å². The van der Waals surface area contributed by atoms with E-state index in [1.54, 1.807) is 30.3 Å². The molecule has 1 unspecified atom stereocenters. The van der Waals surface area contributed by atoms with Crippen LogP contribution in [0, 0.1) is 0 Å². The van der Waals surface area contributed by atoms with E-state index >= 15 is 0 Å². The third kappa shape index (κ3) is 4.68. The Balaban J connectivity index is 2.12. The lowest BCUT2D eigenvalue weighted by Gasteiger charge is -2.26. The van der Waals surface area contributed by atoms with Crippen LogP contribution in [0.4, 0.5) is 0 Å². The third-order valence-corrected chi connectivity index (χ3v) is 5.40. The largest absolute Gasteiger partial charge is 0.507 e. The molecule has 0 spiro atoms. The monoisotopic (exact) mass is 444 g/mol. The smallest absolute Gasteiger partial charge is 0.295 e. The molecule has 31 heavy (non-hydrogen) atoms. The number of phenols is 1. The van der Waals surface area contributed by atoms with Gasteiger partial charge < -0.3 is 24.7 Å². The van der Waals surface area contributed by atoms with Crippen LogP contribution in [0.2, 0.25) is 5.02 Å². The molecule has 1 saturated heterocycles. The predicted molar refractivity (Wildman–Crippen MR) is 118 cm³/mol. The molecule has 0 bridgehead atoms. The van der Waals surface area contributed by atoms with E-state index in [0.29, 0.717) is 29.3 Å². The molecule has 2 aromatic rings. The van der Waals surface area contributed by atoms with E-state index in [0.717, 1.165) is 6.54 Å². The van der Waals surface area contributed by atoms with Crippen LogP contribution >= 0.6 is 11.6 Å². The molecular formula is C23H25ClN2O5. The zero-order chi connectivity index (χ0) is 22.7.